The van der Waals surface area contributed by atoms with Gasteiger partial charge in [-0.3, -0.25) is 0 Å². The molecule has 0 aliphatic heterocycles. The molecule has 1 aliphatic rings. The number of imidazole rings is 1. The van der Waals surface area contributed by atoms with Crippen LogP contribution in [0.4, 0.5) is 8.78 Å². The number of hydrogen-bond donors (Lipinski definition) is 1. The number of rotatable bonds is 6. The molecule has 154 valence electrons. The number of nitrogens with zero attached hydrogens (tertiary/aromatic N) is 2. The summed E-state index contributed by atoms with van der Waals surface area (Å²) < 4.78 is 36.7. The number of carbonyl (C=O) groups is 1. The largest absolute Gasteiger partial charge is 1.00 e. The highest BCUT2D eigenvalue weighted by Crippen LogP contribution is 2.47. The van der Waals surface area contributed by atoms with Gasteiger partial charge in [0.2, 0.25) is 5.92 Å². The lowest BCUT2D eigenvalue weighted by molar-refractivity contribution is -0.677. The minimum atomic E-state index is -2.87. The minimum absolute atomic E-state index is 0. The Labute approximate surface area is 180 Å². The number of esters is 1. The summed E-state index contributed by atoms with van der Waals surface area (Å²) in [6.45, 7) is 2.40. The Hall–Kier alpha value is -1.55. The van der Waals surface area contributed by atoms with Crippen LogP contribution in [0.25, 0.3) is 0 Å². The van der Waals surface area contributed by atoms with Crippen molar-refractivity contribution in [2.24, 2.45) is 13.0 Å². The third-order valence-electron chi connectivity index (χ3n) is 5.48. The number of ether oxygens (including phenoxy) is 1. The molecular formula is C20H25F2IN2O3. The van der Waals surface area contributed by atoms with Gasteiger partial charge in [-0.15, -0.1) is 0 Å². The van der Waals surface area contributed by atoms with E-state index in [1.807, 2.05) is 35.5 Å². The second kappa shape index (κ2) is 8.86. The normalized spacial score (nSPS) is 20.2. The summed E-state index contributed by atoms with van der Waals surface area (Å²) in [6, 6.07) is 8.24. The fraction of sp³-hybridized carbons (Fsp3) is 0.500. The van der Waals surface area contributed by atoms with Crippen molar-refractivity contribution >= 4 is 5.97 Å². The van der Waals surface area contributed by atoms with Crippen LogP contribution < -0.4 is 28.5 Å². The third-order valence-corrected chi connectivity index (χ3v) is 5.48. The van der Waals surface area contributed by atoms with E-state index in [2.05, 4.69) is 0 Å². The van der Waals surface area contributed by atoms with Gasteiger partial charge in [-0.25, -0.2) is 22.7 Å². The van der Waals surface area contributed by atoms with Crippen LogP contribution in [0.15, 0.2) is 42.7 Å². The molecule has 1 heterocycles. The topological polar surface area (TPSA) is 55.3 Å². The van der Waals surface area contributed by atoms with Crippen molar-refractivity contribution in [1.82, 2.24) is 4.57 Å². The van der Waals surface area contributed by atoms with Gasteiger partial charge in [-0.2, -0.15) is 0 Å². The molecule has 1 aromatic heterocycles. The van der Waals surface area contributed by atoms with Crippen molar-refractivity contribution in [3.05, 3.63) is 54.1 Å². The van der Waals surface area contributed by atoms with E-state index in [4.69, 9.17) is 4.74 Å². The number of alkyl halides is 2. The van der Waals surface area contributed by atoms with E-state index >= 15 is 0 Å². The number of carbonyl (C=O) groups excluding carboxylic acids is 1. The smallest absolute Gasteiger partial charge is 0.343 e. The van der Waals surface area contributed by atoms with Crippen molar-refractivity contribution in [3.63, 3.8) is 0 Å². The van der Waals surface area contributed by atoms with Gasteiger partial charge in [0.15, 0.2) is 5.60 Å². The Kier molecular flexibility index (Phi) is 7.19. The lowest BCUT2D eigenvalue weighted by Crippen LogP contribution is -3.00. The number of aliphatic hydroxyl groups is 1. The quantitative estimate of drug-likeness (QED) is 0.327. The zero-order valence-corrected chi connectivity index (χ0v) is 18.1. The lowest BCUT2D eigenvalue weighted by Gasteiger charge is -2.32. The molecule has 2 atom stereocenters. The van der Waals surface area contributed by atoms with Crippen molar-refractivity contribution in [1.29, 1.82) is 0 Å². The summed E-state index contributed by atoms with van der Waals surface area (Å²) in [7, 11) is 1.91. The highest BCUT2D eigenvalue weighted by molar-refractivity contribution is 5.81. The Morgan fingerprint density at radius 2 is 2.07 bits per heavy atom. The fourth-order valence-corrected chi connectivity index (χ4v) is 3.70. The van der Waals surface area contributed by atoms with Gasteiger partial charge in [-0.05, 0) is 12.0 Å². The molecule has 1 N–H and O–H groups in total. The molecule has 28 heavy (non-hydrogen) atoms. The highest BCUT2D eigenvalue weighted by atomic mass is 127. The molecule has 1 unspecified atom stereocenters. The molecule has 0 spiro atoms. The summed E-state index contributed by atoms with van der Waals surface area (Å²) in [5.41, 5.74) is -1.78. The fourth-order valence-electron chi connectivity index (χ4n) is 3.70. The monoisotopic (exact) mass is 506 g/mol. The first kappa shape index (κ1) is 22.7. The number of halogens is 3. The van der Waals surface area contributed by atoms with E-state index in [9.17, 15) is 18.7 Å². The maximum Gasteiger partial charge on any atom is 0.343 e. The molecule has 0 radical (unpaired) electrons. The van der Waals surface area contributed by atoms with E-state index in [1.54, 1.807) is 30.3 Å². The number of hydrogen-bond acceptors (Lipinski definition) is 3. The number of benzene rings is 1. The van der Waals surface area contributed by atoms with Crippen LogP contribution in [-0.2, 0) is 28.7 Å². The SMILES string of the molecule is Cc1n(CCOC(=O)[C@](O)(c2ccccc2)C2CCC(F)(F)C2)cc[n+]1C.[I-]. The minimum Gasteiger partial charge on any atom is -1.00 e. The van der Waals surface area contributed by atoms with Crippen LogP contribution in [-0.4, -0.2) is 28.2 Å². The summed E-state index contributed by atoms with van der Waals surface area (Å²) in [5.74, 6) is -3.64. The van der Waals surface area contributed by atoms with Crippen LogP contribution in [0.5, 0.6) is 0 Å². The molecule has 0 bridgehead atoms. The van der Waals surface area contributed by atoms with Crippen LogP contribution >= 0.6 is 0 Å². The van der Waals surface area contributed by atoms with Crippen molar-refractivity contribution in [2.75, 3.05) is 6.61 Å². The van der Waals surface area contributed by atoms with Gasteiger partial charge in [0, 0.05) is 25.7 Å². The Morgan fingerprint density at radius 1 is 1.39 bits per heavy atom. The standard InChI is InChI=1S/C20H25F2N2O3.HI/c1-15-23(2)10-11-24(15)12-13-27-18(25)20(26,16-6-4-3-5-7-16)17-8-9-19(21,22)14-17;/h3-7,10-11,17,26H,8-9,12-14H2,1-2H3;1H/q+1;/p-1/t17?,20-;/m0./s1. The van der Waals surface area contributed by atoms with Crippen molar-refractivity contribution < 1.29 is 52.0 Å². The van der Waals surface area contributed by atoms with Crippen molar-refractivity contribution in [2.45, 2.75) is 44.3 Å². The third kappa shape index (κ3) is 4.53. The average Bonchev–Trinajstić information content (AvgIpc) is 3.18. The van der Waals surface area contributed by atoms with Crippen LogP contribution in [0.1, 0.15) is 30.7 Å². The summed E-state index contributed by atoms with van der Waals surface area (Å²) >= 11 is 0. The molecular weight excluding hydrogens is 481 g/mol. The molecule has 0 amide bonds. The second-order valence-corrected chi connectivity index (χ2v) is 7.21. The average molecular weight is 506 g/mol. The van der Waals surface area contributed by atoms with Crippen LogP contribution in [0.2, 0.25) is 0 Å². The van der Waals surface area contributed by atoms with E-state index in [-0.39, 0.29) is 43.4 Å². The molecule has 2 aromatic rings. The van der Waals surface area contributed by atoms with E-state index in [0.29, 0.717) is 12.1 Å². The van der Waals surface area contributed by atoms with Crippen LogP contribution in [0, 0.1) is 12.8 Å². The second-order valence-electron chi connectivity index (χ2n) is 7.21. The van der Waals surface area contributed by atoms with Gasteiger partial charge in [0.25, 0.3) is 5.82 Å². The van der Waals surface area contributed by atoms with Gasteiger partial charge in [0.1, 0.15) is 25.5 Å². The number of aryl methyl sites for hydroxylation is 1. The highest BCUT2D eigenvalue weighted by Gasteiger charge is 2.54. The maximum absolute atomic E-state index is 13.8. The molecule has 1 aliphatic carbocycles. The predicted octanol–water partition coefficient (Wildman–Crippen LogP) is -0.509. The first-order valence-electron chi connectivity index (χ1n) is 9.08. The van der Waals surface area contributed by atoms with Gasteiger partial charge in [0.05, 0.1) is 7.05 Å². The molecule has 1 aromatic carbocycles. The van der Waals surface area contributed by atoms with E-state index < -0.39 is 29.8 Å². The van der Waals surface area contributed by atoms with E-state index in [0.717, 1.165) is 5.82 Å². The summed E-state index contributed by atoms with van der Waals surface area (Å²) in [5, 5.41) is 11.2. The van der Waals surface area contributed by atoms with Gasteiger partial charge < -0.3 is 33.8 Å². The number of aromatic nitrogens is 2. The Balaban J connectivity index is 0.00000280. The Morgan fingerprint density at radius 3 is 2.61 bits per heavy atom. The first-order chi connectivity index (χ1) is 12.7. The summed E-state index contributed by atoms with van der Waals surface area (Å²) in [6.07, 6.45) is 2.96. The zero-order chi connectivity index (χ0) is 19.7. The summed E-state index contributed by atoms with van der Waals surface area (Å²) in [4.78, 5) is 12.8. The van der Waals surface area contributed by atoms with Crippen LogP contribution in [0.3, 0.4) is 0 Å². The van der Waals surface area contributed by atoms with Gasteiger partial charge >= 0.3 is 5.97 Å². The molecule has 5 nitrogen and oxygen atoms in total. The molecule has 3 rings (SSSR count). The molecule has 1 saturated carbocycles. The Bertz CT molecular complexity index is 813. The molecule has 8 heteroatoms. The predicted molar refractivity (Wildman–Crippen MR) is 93.9 cm³/mol. The van der Waals surface area contributed by atoms with Crippen molar-refractivity contribution in [3.8, 4) is 0 Å². The first-order valence-corrected chi connectivity index (χ1v) is 9.08. The molecule has 0 saturated heterocycles. The zero-order valence-electron chi connectivity index (χ0n) is 15.9. The van der Waals surface area contributed by atoms with E-state index in [1.165, 1.54) is 0 Å². The van der Waals surface area contributed by atoms with Gasteiger partial charge in [-0.1, -0.05) is 30.3 Å². The maximum atomic E-state index is 13.8. The molecule has 1 fully saturated rings. The lowest BCUT2D eigenvalue weighted by atomic mass is 9.80.